The maximum Gasteiger partial charge on any atom is 0.431 e. The zero-order valence-electron chi connectivity index (χ0n) is 11.7. The third-order valence-corrected chi connectivity index (χ3v) is 2.28. The molecule has 1 atom stereocenters. The van der Waals surface area contributed by atoms with Crippen molar-refractivity contribution in [3.63, 3.8) is 0 Å². The molecule has 1 rings (SSSR count). The number of benzene rings is 1. The molecule has 5 nitrogen and oxygen atoms in total. The second kappa shape index (κ2) is 7.11. The number of nitrogens with two attached hydrogens (primary N) is 1. The number of amides is 1. The van der Waals surface area contributed by atoms with E-state index in [1.54, 1.807) is 20.8 Å². The number of hydrogen-bond acceptors (Lipinski definition) is 4. The van der Waals surface area contributed by atoms with Gasteiger partial charge in [-0.05, 0) is 39.3 Å². The smallest absolute Gasteiger partial charge is 0.431 e. The van der Waals surface area contributed by atoms with Crippen LogP contribution in [0.25, 0.3) is 0 Å². The van der Waals surface area contributed by atoms with Crippen LogP contribution in [-0.4, -0.2) is 18.2 Å². The molecular weight excluding hydrogens is 244 g/mol. The van der Waals surface area contributed by atoms with Crippen LogP contribution in [0.1, 0.15) is 38.9 Å². The number of ether oxygens (including phenoxy) is 1. The molecule has 0 fully saturated rings. The molecule has 5 heteroatoms. The quantitative estimate of drug-likeness (QED) is 0.803. The third-order valence-electron chi connectivity index (χ3n) is 2.28. The fourth-order valence-electron chi connectivity index (χ4n) is 1.53. The summed E-state index contributed by atoms with van der Waals surface area (Å²) < 4.78 is 5.10. The zero-order chi connectivity index (χ0) is 14.3. The molecule has 0 heterocycles. The van der Waals surface area contributed by atoms with Gasteiger partial charge >= 0.3 is 6.09 Å². The lowest BCUT2D eigenvalue weighted by Crippen LogP contribution is -2.33. The molecule has 0 aromatic heterocycles. The van der Waals surface area contributed by atoms with Crippen LogP contribution in [0.4, 0.5) is 4.79 Å². The number of carbonyl (C=O) groups is 1. The van der Waals surface area contributed by atoms with Crippen molar-refractivity contribution in [2.75, 3.05) is 6.54 Å². The first-order valence-electron chi connectivity index (χ1n) is 6.32. The van der Waals surface area contributed by atoms with E-state index in [0.717, 1.165) is 5.56 Å². The Bertz CT molecular complexity index is 387. The highest BCUT2D eigenvalue weighted by Crippen LogP contribution is 2.19. The van der Waals surface area contributed by atoms with E-state index in [4.69, 9.17) is 15.3 Å². The normalized spacial score (nSPS) is 12.8. The van der Waals surface area contributed by atoms with E-state index in [0.29, 0.717) is 13.0 Å². The number of hydrogen-bond donors (Lipinski definition) is 2. The summed E-state index contributed by atoms with van der Waals surface area (Å²) in [5.41, 5.74) is 8.27. The van der Waals surface area contributed by atoms with Crippen molar-refractivity contribution in [3.05, 3.63) is 35.9 Å². The molecule has 1 aromatic rings. The second-order valence-electron chi connectivity index (χ2n) is 5.20. The van der Waals surface area contributed by atoms with Crippen LogP contribution in [0, 0.1) is 0 Å². The summed E-state index contributed by atoms with van der Waals surface area (Å²) in [7, 11) is 0. The molecule has 19 heavy (non-hydrogen) atoms. The van der Waals surface area contributed by atoms with Crippen LogP contribution < -0.4 is 11.2 Å². The lowest BCUT2D eigenvalue weighted by molar-refractivity contribution is -0.0455. The molecule has 0 aliphatic heterocycles. The van der Waals surface area contributed by atoms with E-state index in [1.807, 2.05) is 30.3 Å². The first-order valence-corrected chi connectivity index (χ1v) is 6.32. The Morgan fingerprint density at radius 2 is 1.95 bits per heavy atom. The van der Waals surface area contributed by atoms with E-state index < -0.39 is 11.7 Å². The topological polar surface area (TPSA) is 73.6 Å². The Morgan fingerprint density at radius 3 is 2.47 bits per heavy atom. The molecular formula is C14H22N2O3. The molecule has 0 saturated carbocycles. The van der Waals surface area contributed by atoms with E-state index in [1.165, 1.54) is 0 Å². The maximum atomic E-state index is 11.5. The summed E-state index contributed by atoms with van der Waals surface area (Å²) in [5, 5.41) is 0. The first-order chi connectivity index (χ1) is 8.92. The van der Waals surface area contributed by atoms with Gasteiger partial charge in [0.25, 0.3) is 0 Å². The van der Waals surface area contributed by atoms with Gasteiger partial charge in [-0.25, -0.2) is 4.79 Å². The monoisotopic (exact) mass is 266 g/mol. The van der Waals surface area contributed by atoms with E-state index in [2.05, 4.69) is 5.48 Å². The van der Waals surface area contributed by atoms with Gasteiger partial charge < -0.3 is 10.5 Å². The van der Waals surface area contributed by atoms with E-state index in [-0.39, 0.29) is 6.10 Å². The summed E-state index contributed by atoms with van der Waals surface area (Å²) in [6, 6.07) is 9.60. The molecule has 0 radical (unpaired) electrons. The fraction of sp³-hybridized carbons (Fsp3) is 0.500. The molecule has 0 bridgehead atoms. The zero-order valence-corrected chi connectivity index (χ0v) is 11.7. The van der Waals surface area contributed by atoms with Gasteiger partial charge in [0.2, 0.25) is 0 Å². The SMILES string of the molecule is CC(C)(C)OC(=O)NOC(CCN)c1ccccc1. The lowest BCUT2D eigenvalue weighted by Gasteiger charge is -2.22. The van der Waals surface area contributed by atoms with Crippen molar-refractivity contribution < 1.29 is 14.4 Å². The molecule has 3 N–H and O–H groups in total. The third kappa shape index (κ3) is 6.22. The summed E-state index contributed by atoms with van der Waals surface area (Å²) in [6.07, 6.45) is -0.274. The fourth-order valence-corrected chi connectivity index (χ4v) is 1.53. The van der Waals surface area contributed by atoms with Gasteiger partial charge in [-0.2, -0.15) is 5.48 Å². The predicted molar refractivity (Wildman–Crippen MR) is 73.3 cm³/mol. The van der Waals surface area contributed by atoms with Crippen LogP contribution in [0.2, 0.25) is 0 Å². The minimum Gasteiger partial charge on any atom is -0.442 e. The average Bonchev–Trinajstić information content (AvgIpc) is 2.33. The molecule has 0 aliphatic rings. The standard InChI is InChI=1S/C14H22N2O3/c1-14(2,3)18-13(17)16-19-12(9-10-15)11-7-5-4-6-8-11/h4-8,12H,9-10,15H2,1-3H3,(H,16,17). The maximum absolute atomic E-state index is 11.5. The Labute approximate surface area is 114 Å². The molecule has 106 valence electrons. The van der Waals surface area contributed by atoms with E-state index >= 15 is 0 Å². The van der Waals surface area contributed by atoms with Crippen LogP contribution in [0.3, 0.4) is 0 Å². The largest absolute Gasteiger partial charge is 0.442 e. The minimum atomic E-state index is -0.606. The highest BCUT2D eigenvalue weighted by atomic mass is 16.7. The van der Waals surface area contributed by atoms with Crippen molar-refractivity contribution >= 4 is 6.09 Å². The summed E-state index contributed by atoms with van der Waals surface area (Å²) in [5.74, 6) is 0. The van der Waals surface area contributed by atoms with E-state index in [9.17, 15) is 4.79 Å². The Hall–Kier alpha value is -1.59. The number of hydroxylamine groups is 1. The van der Waals surface area contributed by atoms with Crippen LogP contribution >= 0.6 is 0 Å². The Balaban J connectivity index is 2.54. The van der Waals surface area contributed by atoms with Crippen molar-refractivity contribution in [1.29, 1.82) is 0 Å². The molecule has 1 amide bonds. The highest BCUT2D eigenvalue weighted by molar-refractivity contribution is 5.66. The number of rotatable bonds is 5. The highest BCUT2D eigenvalue weighted by Gasteiger charge is 2.18. The first kappa shape index (κ1) is 15.5. The molecule has 1 aromatic carbocycles. The van der Waals surface area contributed by atoms with Gasteiger partial charge in [0.15, 0.2) is 0 Å². The number of nitrogens with one attached hydrogen (secondary N) is 1. The van der Waals surface area contributed by atoms with Gasteiger partial charge in [-0.15, -0.1) is 0 Å². The van der Waals surface area contributed by atoms with Gasteiger partial charge in [0.05, 0.1) is 0 Å². The van der Waals surface area contributed by atoms with Crippen molar-refractivity contribution in [1.82, 2.24) is 5.48 Å². The van der Waals surface area contributed by atoms with Gasteiger partial charge in [-0.1, -0.05) is 30.3 Å². The lowest BCUT2D eigenvalue weighted by atomic mass is 10.1. The van der Waals surface area contributed by atoms with Crippen LogP contribution in [0.15, 0.2) is 30.3 Å². The molecule has 0 spiro atoms. The Kier molecular flexibility index (Phi) is 5.79. The second-order valence-corrected chi connectivity index (χ2v) is 5.20. The van der Waals surface area contributed by atoms with Crippen molar-refractivity contribution in [3.8, 4) is 0 Å². The van der Waals surface area contributed by atoms with Crippen LogP contribution in [0.5, 0.6) is 0 Å². The van der Waals surface area contributed by atoms with Gasteiger partial charge in [-0.3, -0.25) is 4.84 Å². The average molecular weight is 266 g/mol. The molecule has 0 saturated heterocycles. The summed E-state index contributed by atoms with van der Waals surface area (Å²) in [4.78, 5) is 16.9. The van der Waals surface area contributed by atoms with Crippen molar-refractivity contribution in [2.45, 2.75) is 38.9 Å². The molecule has 1 unspecified atom stereocenters. The predicted octanol–water partition coefficient (Wildman–Crippen LogP) is 2.53. The molecule has 0 aliphatic carbocycles. The Morgan fingerprint density at radius 1 is 1.32 bits per heavy atom. The van der Waals surface area contributed by atoms with Crippen LogP contribution in [-0.2, 0) is 9.57 Å². The summed E-state index contributed by atoms with van der Waals surface area (Å²) >= 11 is 0. The minimum absolute atomic E-state index is 0.279. The summed E-state index contributed by atoms with van der Waals surface area (Å²) in [6.45, 7) is 5.85. The number of carbonyl (C=O) groups excluding carboxylic acids is 1. The van der Waals surface area contributed by atoms with Crippen molar-refractivity contribution in [2.24, 2.45) is 5.73 Å². The van der Waals surface area contributed by atoms with Gasteiger partial charge in [0.1, 0.15) is 11.7 Å². The van der Waals surface area contributed by atoms with Gasteiger partial charge in [0, 0.05) is 0 Å².